The van der Waals surface area contributed by atoms with E-state index in [0.29, 0.717) is 36.7 Å². The molecule has 0 fully saturated rings. The summed E-state index contributed by atoms with van der Waals surface area (Å²) in [5, 5.41) is 26.4. The smallest absolute Gasteiger partial charge is 1.00 e. The zero-order valence-electron chi connectivity index (χ0n) is 26.1. The van der Waals surface area contributed by atoms with Crippen molar-refractivity contribution < 1.29 is 43.5 Å². The molecule has 0 unspecified atom stereocenters. The predicted molar refractivity (Wildman–Crippen MR) is 195 cm³/mol. The summed E-state index contributed by atoms with van der Waals surface area (Å²) >= 11 is 10.2. The van der Waals surface area contributed by atoms with Gasteiger partial charge in [-0.25, -0.2) is 0 Å². The van der Waals surface area contributed by atoms with E-state index in [0.717, 1.165) is 5.56 Å². The molecule has 0 saturated carbocycles. The Bertz CT molecular complexity index is 1530. The first-order valence-corrected chi connectivity index (χ1v) is 17.1. The summed E-state index contributed by atoms with van der Waals surface area (Å²) in [5.41, 5.74) is 1.81. The van der Waals surface area contributed by atoms with E-state index in [1.807, 2.05) is 24.3 Å². The molecule has 0 bridgehead atoms. The van der Waals surface area contributed by atoms with Crippen LogP contribution in [-0.4, -0.2) is 55.4 Å². The van der Waals surface area contributed by atoms with Crippen LogP contribution in [0.4, 0.5) is 0 Å². The first kappa shape index (κ1) is 40.0. The summed E-state index contributed by atoms with van der Waals surface area (Å²) in [4.78, 5) is 0. The minimum atomic E-state index is -2.07. The van der Waals surface area contributed by atoms with Gasteiger partial charge >= 0.3 is 17.1 Å². The van der Waals surface area contributed by atoms with Gasteiger partial charge in [-0.2, -0.15) is 15.3 Å². The van der Waals surface area contributed by atoms with Gasteiger partial charge < -0.3 is 62.3 Å². The summed E-state index contributed by atoms with van der Waals surface area (Å²) in [6.07, 6.45) is 0.561. The molecule has 0 heterocycles. The molecule has 0 amide bonds. The number of benzene rings is 4. The summed E-state index contributed by atoms with van der Waals surface area (Å²) < 4.78 is 12.5. The van der Waals surface area contributed by atoms with Gasteiger partial charge in [0.1, 0.15) is 41.2 Å². The number of halogens is 1. The fourth-order valence-corrected chi connectivity index (χ4v) is 8.42. The van der Waals surface area contributed by atoms with Crippen LogP contribution in [0.1, 0.15) is 12.5 Å². The van der Waals surface area contributed by atoms with Crippen molar-refractivity contribution in [2.75, 3.05) is 33.7 Å². The molecule has 0 spiro atoms. The van der Waals surface area contributed by atoms with Crippen LogP contribution >= 0.6 is 7.26 Å². The average molecular weight is 799 g/mol. The molecular weight excluding hydrogens is 763 g/mol. The molecule has 1 radical (unpaired) electrons. The third-order valence-corrected chi connectivity index (χ3v) is 11.5. The molecule has 2 N–H and O–H groups in total. The largest absolute Gasteiger partial charge is 2.00 e. The Morgan fingerprint density at radius 3 is 1.53 bits per heavy atom. The maximum absolute atomic E-state index is 6.43. The van der Waals surface area contributed by atoms with Gasteiger partial charge in [0.15, 0.2) is 6.35 Å². The Morgan fingerprint density at radius 1 is 0.638 bits per heavy atom. The third kappa shape index (κ3) is 11.2. The van der Waals surface area contributed by atoms with Gasteiger partial charge in [-0.1, -0.05) is 54.6 Å². The summed E-state index contributed by atoms with van der Waals surface area (Å²) in [6.45, 7) is 2.61. The second-order valence-corrected chi connectivity index (χ2v) is 13.9. The topological polar surface area (TPSA) is 92.0 Å². The molecule has 4 rings (SSSR count). The van der Waals surface area contributed by atoms with Crippen molar-refractivity contribution in [2.24, 2.45) is 20.4 Å². The van der Waals surface area contributed by atoms with Crippen molar-refractivity contribution >= 4 is 70.2 Å². The van der Waals surface area contributed by atoms with Gasteiger partial charge in [-0.3, -0.25) is 0 Å². The van der Waals surface area contributed by atoms with Crippen LogP contribution in [0, 0.1) is 0 Å². The molecule has 47 heavy (non-hydrogen) atoms. The van der Waals surface area contributed by atoms with Gasteiger partial charge in [0.2, 0.25) is 0 Å². The second-order valence-electron chi connectivity index (χ2n) is 9.67. The fraction of sp³-hybridized carbons (Fsp3) is 0.176. The van der Waals surface area contributed by atoms with E-state index in [-0.39, 0.29) is 44.4 Å². The number of hydrogen-bond acceptors (Lipinski definition) is 8. The van der Waals surface area contributed by atoms with E-state index in [4.69, 9.17) is 34.7 Å². The molecular formula is C34H36BrCuN6O2PS2. The number of amidine groups is 2. The molecule has 8 nitrogen and oxygen atoms in total. The monoisotopic (exact) mass is 797 g/mol. The number of nitrogens with zero attached hydrogens (tertiary/aromatic N) is 4. The third-order valence-electron chi connectivity index (χ3n) is 6.80. The molecule has 13 heteroatoms. The Kier molecular flexibility index (Phi) is 17.8. The molecule has 0 aromatic heterocycles. The van der Waals surface area contributed by atoms with Crippen LogP contribution in [0.15, 0.2) is 136 Å². The standard InChI is InChI=1S/C34H37N6O2PS2.BrH.Cu/c1-26(37-39-33(44)35-2)32(38-40-34(45)36-3)27-19-21-28(22-20-27)42-24-23-41-25-43(29-13-7-4-8-14-29,30-15-9-5-10-16-30)31-17-11-6-12-18-31;;/h4-22H,23-25H2,1-3H3,(H3-,35,36,37,38,39,40,44,45);1H;/q;;+2/p-2. The van der Waals surface area contributed by atoms with Gasteiger partial charge in [0, 0.05) is 19.7 Å². The second kappa shape index (κ2) is 20.9. The number of hydrogen-bond donors (Lipinski definition) is 2. The Labute approximate surface area is 310 Å². The average Bonchev–Trinajstić information content (AvgIpc) is 3.10. The van der Waals surface area contributed by atoms with Crippen LogP contribution in [0.5, 0.6) is 5.75 Å². The van der Waals surface area contributed by atoms with Crippen LogP contribution in [0.2, 0.25) is 0 Å². The maximum Gasteiger partial charge on any atom is 2.00 e. The van der Waals surface area contributed by atoms with Crippen molar-refractivity contribution in [3.05, 3.63) is 121 Å². The zero-order chi connectivity index (χ0) is 31.9. The summed E-state index contributed by atoms with van der Waals surface area (Å²) in [6, 6.07) is 39.5. The Hall–Kier alpha value is -3.21. The summed E-state index contributed by atoms with van der Waals surface area (Å²) in [7, 11) is 1.30. The van der Waals surface area contributed by atoms with Crippen LogP contribution in [-0.2, 0) is 47.1 Å². The molecule has 4 aromatic carbocycles. The van der Waals surface area contributed by atoms with Crippen molar-refractivity contribution in [3.8, 4) is 5.75 Å². The number of ether oxygens (including phenoxy) is 2. The number of nitrogens with one attached hydrogen (secondary N) is 2. The Balaban J connectivity index is 0.00000384. The SMILES string of the molecule is CNC([S-])=NN=C(C)C(=NN=C([S-])NC)c1ccc(OCCOC[P+](c2ccccc2)(c2ccccc2)c2ccccc2)cc1.[Br-].[Cu+2]. The molecule has 0 aliphatic heterocycles. The maximum atomic E-state index is 6.43. The van der Waals surface area contributed by atoms with Crippen molar-refractivity contribution in [3.63, 3.8) is 0 Å². The zero-order valence-corrected chi connectivity index (χ0v) is 31.2. The number of rotatable bonds is 13. The minimum absolute atomic E-state index is 0. The molecule has 0 atom stereocenters. The van der Waals surface area contributed by atoms with Crippen molar-refractivity contribution in [1.82, 2.24) is 10.6 Å². The quantitative estimate of drug-likeness (QED) is 0.0405. The molecule has 0 aliphatic carbocycles. The van der Waals surface area contributed by atoms with Crippen LogP contribution in [0.3, 0.4) is 0 Å². The fourth-order valence-electron chi connectivity index (χ4n) is 4.55. The minimum Gasteiger partial charge on any atom is -1.00 e. The van der Waals surface area contributed by atoms with Gasteiger partial charge in [0.05, 0.1) is 12.3 Å². The normalized spacial score (nSPS) is 12.4. The Morgan fingerprint density at radius 2 is 1.09 bits per heavy atom. The van der Waals surface area contributed by atoms with Crippen molar-refractivity contribution in [1.29, 1.82) is 0 Å². The van der Waals surface area contributed by atoms with Crippen LogP contribution in [0.25, 0.3) is 0 Å². The molecule has 0 saturated heterocycles. The van der Waals surface area contributed by atoms with E-state index < -0.39 is 7.26 Å². The van der Waals surface area contributed by atoms with Crippen LogP contribution < -0.4 is 48.3 Å². The predicted octanol–water partition coefficient (Wildman–Crippen LogP) is 1.36. The van der Waals surface area contributed by atoms with E-state index in [1.54, 1.807) is 21.0 Å². The summed E-state index contributed by atoms with van der Waals surface area (Å²) in [5.74, 6) is 0.704. The first-order valence-electron chi connectivity index (χ1n) is 14.3. The van der Waals surface area contributed by atoms with Crippen molar-refractivity contribution in [2.45, 2.75) is 6.92 Å². The molecule has 4 aromatic rings. The van der Waals surface area contributed by atoms with Gasteiger partial charge in [-0.05, 0) is 77.9 Å². The van der Waals surface area contributed by atoms with Gasteiger partial charge in [0.25, 0.3) is 0 Å². The van der Waals surface area contributed by atoms with E-state index in [2.05, 4.69) is 122 Å². The van der Waals surface area contributed by atoms with E-state index in [1.165, 1.54) is 15.9 Å². The molecule has 249 valence electrons. The molecule has 0 aliphatic rings. The van der Waals surface area contributed by atoms with E-state index >= 15 is 0 Å². The van der Waals surface area contributed by atoms with Gasteiger partial charge in [-0.15, -0.1) is 5.10 Å². The first-order chi connectivity index (χ1) is 22.0. The van der Waals surface area contributed by atoms with E-state index in [9.17, 15) is 0 Å².